The quantitative estimate of drug-likeness (QED) is 0.761. The number of anilines is 1. The van der Waals surface area contributed by atoms with Crippen LogP contribution < -0.4 is 4.90 Å². The van der Waals surface area contributed by atoms with Crippen LogP contribution in [0.5, 0.6) is 0 Å². The normalized spacial score (nSPS) is 8.88. The molecule has 4 nitrogen and oxygen atoms in total. The van der Waals surface area contributed by atoms with Gasteiger partial charge in [0.2, 0.25) is 0 Å². The molecule has 0 saturated heterocycles. The van der Waals surface area contributed by atoms with E-state index in [2.05, 4.69) is 11.8 Å². The first-order valence-corrected chi connectivity index (χ1v) is 4.60. The third-order valence-corrected chi connectivity index (χ3v) is 2.04. The Bertz CT molecular complexity index is 465. The number of carbonyl (C=O) groups excluding carboxylic acids is 1. The molecule has 0 unspecified atom stereocenters. The molecule has 0 aliphatic heterocycles. The lowest BCUT2D eigenvalue weighted by molar-refractivity contribution is -0.113. The van der Waals surface area contributed by atoms with E-state index in [9.17, 15) is 9.59 Å². The summed E-state index contributed by atoms with van der Waals surface area (Å²) in [6.07, 6.45) is 0. The second-order valence-electron chi connectivity index (χ2n) is 3.09. The van der Waals surface area contributed by atoms with Crippen LogP contribution in [0, 0.1) is 11.8 Å². The summed E-state index contributed by atoms with van der Waals surface area (Å²) in [5, 5.41) is 8.70. The number of amides is 1. The molecule has 1 rings (SSSR count). The number of carbonyl (C=O) groups is 2. The van der Waals surface area contributed by atoms with Gasteiger partial charge in [0.05, 0.1) is 5.56 Å². The predicted octanol–water partition coefficient (Wildman–Crippen LogP) is 1.37. The number of benzene rings is 1. The number of nitrogens with zero attached hydrogens (tertiary/aromatic N) is 1. The van der Waals surface area contributed by atoms with Gasteiger partial charge in [-0.2, -0.15) is 0 Å². The summed E-state index contributed by atoms with van der Waals surface area (Å²) in [7, 11) is 1.59. The molecule has 0 aromatic heterocycles. The van der Waals surface area contributed by atoms with Crippen LogP contribution in [0.1, 0.15) is 17.3 Å². The number of aromatic carboxylic acids is 1. The Morgan fingerprint density at radius 1 is 1.25 bits per heavy atom. The van der Waals surface area contributed by atoms with Crippen LogP contribution in [0.3, 0.4) is 0 Å². The van der Waals surface area contributed by atoms with Crippen molar-refractivity contribution in [3.8, 4) is 11.8 Å². The van der Waals surface area contributed by atoms with E-state index in [1.54, 1.807) is 26.1 Å². The first kappa shape index (κ1) is 11.8. The van der Waals surface area contributed by atoms with E-state index in [0.29, 0.717) is 5.69 Å². The second-order valence-corrected chi connectivity index (χ2v) is 3.09. The zero-order chi connectivity index (χ0) is 12.1. The molecule has 0 saturated carbocycles. The minimum Gasteiger partial charge on any atom is -0.478 e. The Morgan fingerprint density at radius 3 is 2.25 bits per heavy atom. The van der Waals surface area contributed by atoms with Crippen LogP contribution >= 0.6 is 0 Å². The van der Waals surface area contributed by atoms with Crippen molar-refractivity contribution >= 4 is 17.6 Å². The summed E-state index contributed by atoms with van der Waals surface area (Å²) in [6, 6.07) is 6.03. The fourth-order valence-corrected chi connectivity index (χ4v) is 1.14. The molecule has 16 heavy (non-hydrogen) atoms. The van der Waals surface area contributed by atoms with Crippen molar-refractivity contribution in [2.45, 2.75) is 6.92 Å². The van der Waals surface area contributed by atoms with Crippen molar-refractivity contribution in [2.24, 2.45) is 0 Å². The maximum Gasteiger partial charge on any atom is 0.335 e. The van der Waals surface area contributed by atoms with Crippen LogP contribution in [-0.4, -0.2) is 24.0 Å². The first-order valence-electron chi connectivity index (χ1n) is 4.60. The highest BCUT2D eigenvalue weighted by atomic mass is 16.4. The van der Waals surface area contributed by atoms with E-state index in [0.717, 1.165) is 0 Å². The Labute approximate surface area is 93.5 Å². The highest BCUT2D eigenvalue weighted by Crippen LogP contribution is 2.13. The second kappa shape index (κ2) is 4.99. The van der Waals surface area contributed by atoms with E-state index in [1.807, 2.05) is 0 Å². The Morgan fingerprint density at radius 2 is 1.81 bits per heavy atom. The highest BCUT2D eigenvalue weighted by Gasteiger charge is 2.08. The molecule has 0 atom stereocenters. The lowest BCUT2D eigenvalue weighted by atomic mass is 10.2. The van der Waals surface area contributed by atoms with Crippen molar-refractivity contribution in [3.05, 3.63) is 29.8 Å². The molecular formula is C12H11NO3. The Hall–Kier alpha value is -2.28. The maximum absolute atomic E-state index is 11.4. The topological polar surface area (TPSA) is 57.6 Å². The summed E-state index contributed by atoms with van der Waals surface area (Å²) >= 11 is 0. The smallest absolute Gasteiger partial charge is 0.335 e. The molecule has 0 fully saturated rings. The van der Waals surface area contributed by atoms with Crippen molar-refractivity contribution in [1.29, 1.82) is 0 Å². The van der Waals surface area contributed by atoms with E-state index >= 15 is 0 Å². The number of carboxylic acids is 1. The van der Waals surface area contributed by atoms with Crippen LogP contribution in [0.25, 0.3) is 0 Å². The SMILES string of the molecule is CC#CC(=O)N(C)c1ccc(C(=O)O)cc1. The molecule has 0 aliphatic carbocycles. The van der Waals surface area contributed by atoms with Crippen molar-refractivity contribution in [3.63, 3.8) is 0 Å². The largest absolute Gasteiger partial charge is 0.478 e. The molecule has 1 aromatic carbocycles. The maximum atomic E-state index is 11.4. The zero-order valence-corrected chi connectivity index (χ0v) is 9.02. The van der Waals surface area contributed by atoms with Gasteiger partial charge in [0, 0.05) is 12.7 Å². The van der Waals surface area contributed by atoms with E-state index in [4.69, 9.17) is 5.11 Å². The molecule has 0 aliphatic rings. The van der Waals surface area contributed by atoms with Gasteiger partial charge in [-0.05, 0) is 37.1 Å². The van der Waals surface area contributed by atoms with Crippen molar-refractivity contribution in [2.75, 3.05) is 11.9 Å². The number of hydrogen-bond acceptors (Lipinski definition) is 2. The molecule has 0 spiro atoms. The standard InChI is InChI=1S/C12H11NO3/c1-3-4-11(14)13(2)10-7-5-9(6-8-10)12(15)16/h5-8H,1-2H3,(H,15,16). The van der Waals surface area contributed by atoms with Crippen LogP contribution in [0.15, 0.2) is 24.3 Å². The predicted molar refractivity (Wildman–Crippen MR) is 60.3 cm³/mol. The van der Waals surface area contributed by atoms with Crippen molar-refractivity contribution < 1.29 is 14.7 Å². The van der Waals surface area contributed by atoms with Gasteiger partial charge >= 0.3 is 11.9 Å². The fraction of sp³-hybridized carbons (Fsp3) is 0.167. The minimum atomic E-state index is -0.992. The van der Waals surface area contributed by atoms with Gasteiger partial charge in [0.1, 0.15) is 0 Å². The van der Waals surface area contributed by atoms with E-state index in [1.165, 1.54) is 17.0 Å². The average Bonchev–Trinajstić information content (AvgIpc) is 2.28. The summed E-state index contributed by atoms with van der Waals surface area (Å²) in [5.41, 5.74) is 0.795. The minimum absolute atomic E-state index is 0.186. The molecule has 4 heteroatoms. The molecule has 1 N–H and O–H groups in total. The highest BCUT2D eigenvalue weighted by molar-refractivity contribution is 6.05. The van der Waals surface area contributed by atoms with Crippen LogP contribution in [-0.2, 0) is 4.79 Å². The van der Waals surface area contributed by atoms with Crippen LogP contribution in [0.2, 0.25) is 0 Å². The first-order chi connectivity index (χ1) is 7.56. The van der Waals surface area contributed by atoms with Gasteiger partial charge in [0.25, 0.3) is 0 Å². The number of hydrogen-bond donors (Lipinski definition) is 1. The molecule has 1 aromatic rings. The molecule has 0 heterocycles. The lowest BCUT2D eigenvalue weighted by Gasteiger charge is -2.13. The van der Waals surface area contributed by atoms with Gasteiger partial charge in [0.15, 0.2) is 0 Å². The Balaban J connectivity index is 2.92. The van der Waals surface area contributed by atoms with Gasteiger partial charge in [-0.25, -0.2) is 4.79 Å². The Kier molecular flexibility index (Phi) is 3.67. The number of rotatable bonds is 2. The zero-order valence-electron chi connectivity index (χ0n) is 9.02. The van der Waals surface area contributed by atoms with Gasteiger partial charge in [-0.3, -0.25) is 4.79 Å². The third-order valence-electron chi connectivity index (χ3n) is 2.04. The van der Waals surface area contributed by atoms with Gasteiger partial charge in [-0.1, -0.05) is 5.92 Å². The molecule has 1 amide bonds. The van der Waals surface area contributed by atoms with Crippen molar-refractivity contribution in [1.82, 2.24) is 0 Å². The summed E-state index contributed by atoms with van der Waals surface area (Å²) in [4.78, 5) is 23.4. The van der Waals surface area contributed by atoms with E-state index < -0.39 is 5.97 Å². The molecular weight excluding hydrogens is 206 g/mol. The molecule has 0 radical (unpaired) electrons. The van der Waals surface area contributed by atoms with E-state index in [-0.39, 0.29) is 11.5 Å². The summed E-state index contributed by atoms with van der Waals surface area (Å²) in [6.45, 7) is 1.58. The monoisotopic (exact) mass is 217 g/mol. The number of carboxylic acid groups (broad SMARTS) is 1. The summed E-state index contributed by atoms with van der Waals surface area (Å²) in [5.74, 6) is 3.59. The van der Waals surface area contributed by atoms with Crippen LogP contribution in [0.4, 0.5) is 5.69 Å². The van der Waals surface area contributed by atoms with Gasteiger partial charge in [-0.15, -0.1) is 0 Å². The lowest BCUT2D eigenvalue weighted by Crippen LogP contribution is -2.24. The fourth-order valence-electron chi connectivity index (χ4n) is 1.14. The van der Waals surface area contributed by atoms with Gasteiger partial charge < -0.3 is 10.0 Å². The molecule has 0 bridgehead atoms. The summed E-state index contributed by atoms with van der Waals surface area (Å²) < 4.78 is 0. The third kappa shape index (κ3) is 2.61. The average molecular weight is 217 g/mol. The molecule has 82 valence electrons.